The molecule has 0 spiro atoms. The molecule has 1 aliphatic heterocycles. The maximum atomic E-state index is 5.97. The molecular formula is C31H29N3O. The predicted octanol–water partition coefficient (Wildman–Crippen LogP) is 5.99. The second-order valence-electron chi connectivity index (χ2n) is 9.16. The van der Waals surface area contributed by atoms with Gasteiger partial charge in [0.1, 0.15) is 12.4 Å². The second kappa shape index (κ2) is 9.77. The first-order valence-electron chi connectivity index (χ1n) is 12.3. The highest BCUT2D eigenvalue weighted by atomic mass is 16.5. The van der Waals surface area contributed by atoms with E-state index in [1.807, 2.05) is 36.5 Å². The summed E-state index contributed by atoms with van der Waals surface area (Å²) in [5.41, 5.74) is 7.83. The molecule has 1 saturated heterocycles. The number of piperazine rings is 1. The largest absolute Gasteiger partial charge is 0.489 e. The first-order valence-corrected chi connectivity index (χ1v) is 12.3. The Morgan fingerprint density at radius 3 is 2.09 bits per heavy atom. The molecule has 1 heterocycles. The molecule has 4 aromatic carbocycles. The number of benzene rings is 4. The van der Waals surface area contributed by atoms with Crippen LogP contribution in [0, 0.1) is 0 Å². The molecular weight excluding hydrogens is 430 g/mol. The zero-order chi connectivity index (χ0) is 23.5. The van der Waals surface area contributed by atoms with Gasteiger partial charge in [0, 0.05) is 26.2 Å². The Bertz CT molecular complexity index is 1280. The van der Waals surface area contributed by atoms with Gasteiger partial charge in [0.25, 0.3) is 0 Å². The average Bonchev–Trinajstić information content (AvgIpc) is 3.26. The molecule has 0 amide bonds. The molecule has 35 heavy (non-hydrogen) atoms. The van der Waals surface area contributed by atoms with Crippen LogP contribution in [0.1, 0.15) is 28.3 Å². The monoisotopic (exact) mass is 459 g/mol. The van der Waals surface area contributed by atoms with Crippen LogP contribution in [0.3, 0.4) is 0 Å². The normalized spacial score (nSPS) is 15.8. The zero-order valence-corrected chi connectivity index (χ0v) is 19.8. The van der Waals surface area contributed by atoms with Gasteiger partial charge in [-0.2, -0.15) is 5.10 Å². The van der Waals surface area contributed by atoms with Gasteiger partial charge in [0.15, 0.2) is 0 Å². The lowest BCUT2D eigenvalue weighted by atomic mass is 10.0. The fraction of sp³-hybridized carbons (Fsp3) is 0.194. The van der Waals surface area contributed by atoms with Gasteiger partial charge in [-0.25, -0.2) is 0 Å². The van der Waals surface area contributed by atoms with Crippen molar-refractivity contribution in [1.82, 2.24) is 9.91 Å². The molecule has 0 unspecified atom stereocenters. The molecule has 1 aliphatic carbocycles. The van der Waals surface area contributed by atoms with E-state index in [2.05, 4.69) is 82.7 Å². The smallest absolute Gasteiger partial charge is 0.120 e. The standard InChI is InChI=1S/C31H29N3O/c1-2-9-24(10-3-1)23-35-26-12-8-11-25(21-26)22-32-34-19-17-33(18-20-34)31-29-15-6-4-13-27(29)28-14-5-7-16-30(28)31/h1-16,21-22,31H,17-20,23H2/b32-22-. The molecule has 6 rings (SSSR count). The highest BCUT2D eigenvalue weighted by molar-refractivity contribution is 5.80. The third kappa shape index (κ3) is 4.58. The Labute approximate surface area is 207 Å². The molecule has 0 atom stereocenters. The van der Waals surface area contributed by atoms with Gasteiger partial charge in [-0.3, -0.25) is 9.91 Å². The zero-order valence-electron chi connectivity index (χ0n) is 19.8. The van der Waals surface area contributed by atoms with Crippen molar-refractivity contribution >= 4 is 6.21 Å². The molecule has 1 fully saturated rings. The summed E-state index contributed by atoms with van der Waals surface area (Å²) >= 11 is 0. The number of hydrogen-bond acceptors (Lipinski definition) is 4. The van der Waals surface area contributed by atoms with E-state index in [0.29, 0.717) is 12.6 Å². The third-order valence-corrected chi connectivity index (χ3v) is 6.93. The van der Waals surface area contributed by atoms with Crippen LogP contribution in [-0.4, -0.2) is 42.3 Å². The molecule has 0 saturated carbocycles. The van der Waals surface area contributed by atoms with Crippen LogP contribution in [-0.2, 0) is 6.61 Å². The van der Waals surface area contributed by atoms with Crippen LogP contribution < -0.4 is 4.74 Å². The van der Waals surface area contributed by atoms with Crippen LogP contribution in [0.5, 0.6) is 5.75 Å². The minimum Gasteiger partial charge on any atom is -0.489 e. The number of fused-ring (bicyclic) bond motifs is 3. The molecule has 4 heteroatoms. The van der Waals surface area contributed by atoms with Crippen LogP contribution in [0.15, 0.2) is 108 Å². The number of nitrogens with zero attached hydrogens (tertiary/aromatic N) is 3. The van der Waals surface area contributed by atoms with E-state index < -0.39 is 0 Å². The summed E-state index contributed by atoms with van der Waals surface area (Å²) in [4.78, 5) is 2.61. The molecule has 174 valence electrons. The molecule has 0 aromatic heterocycles. The fourth-order valence-corrected chi connectivity index (χ4v) is 5.18. The Hall–Kier alpha value is -3.89. The summed E-state index contributed by atoms with van der Waals surface area (Å²) in [5, 5.41) is 6.97. The minimum absolute atomic E-state index is 0.340. The lowest BCUT2D eigenvalue weighted by Crippen LogP contribution is -2.45. The quantitative estimate of drug-likeness (QED) is 0.332. The maximum Gasteiger partial charge on any atom is 0.120 e. The number of hydrazone groups is 1. The summed E-state index contributed by atoms with van der Waals surface area (Å²) < 4.78 is 5.97. The van der Waals surface area contributed by atoms with Crippen LogP contribution >= 0.6 is 0 Å². The van der Waals surface area contributed by atoms with Crippen molar-refractivity contribution in [3.8, 4) is 16.9 Å². The molecule has 0 bridgehead atoms. The van der Waals surface area contributed by atoms with Crippen molar-refractivity contribution in [2.24, 2.45) is 5.10 Å². The summed E-state index contributed by atoms with van der Waals surface area (Å²) in [6.07, 6.45) is 1.95. The molecule has 0 radical (unpaired) electrons. The van der Waals surface area contributed by atoms with Crippen molar-refractivity contribution in [2.45, 2.75) is 12.6 Å². The molecule has 0 N–H and O–H groups in total. The Kier molecular flexibility index (Phi) is 6.04. The number of rotatable bonds is 6. The number of hydrogen-bond donors (Lipinski definition) is 0. The van der Waals surface area contributed by atoms with E-state index >= 15 is 0 Å². The second-order valence-corrected chi connectivity index (χ2v) is 9.16. The Morgan fingerprint density at radius 1 is 0.714 bits per heavy atom. The molecule has 4 aromatic rings. The van der Waals surface area contributed by atoms with Gasteiger partial charge in [0.2, 0.25) is 0 Å². The number of ether oxygens (including phenoxy) is 1. The maximum absolute atomic E-state index is 5.97. The SMILES string of the molecule is C(=N/N1CCN(C2c3ccccc3-c3ccccc32)CC1)/c1cccc(OCc2ccccc2)c1. The van der Waals surface area contributed by atoms with Crippen molar-refractivity contribution < 1.29 is 4.74 Å². The molecule has 2 aliphatic rings. The van der Waals surface area contributed by atoms with E-state index in [0.717, 1.165) is 43.1 Å². The first kappa shape index (κ1) is 21.6. The lowest BCUT2D eigenvalue weighted by molar-refractivity contribution is 0.114. The first-order chi connectivity index (χ1) is 17.3. The topological polar surface area (TPSA) is 28.1 Å². The van der Waals surface area contributed by atoms with Gasteiger partial charge >= 0.3 is 0 Å². The van der Waals surface area contributed by atoms with Crippen molar-refractivity contribution in [3.63, 3.8) is 0 Å². The average molecular weight is 460 g/mol. The van der Waals surface area contributed by atoms with Crippen LogP contribution in [0.4, 0.5) is 0 Å². The van der Waals surface area contributed by atoms with Gasteiger partial charge in [-0.05, 0) is 45.5 Å². The Balaban J connectivity index is 1.09. The van der Waals surface area contributed by atoms with Gasteiger partial charge in [-0.15, -0.1) is 0 Å². The Morgan fingerprint density at radius 2 is 1.37 bits per heavy atom. The van der Waals surface area contributed by atoms with Crippen molar-refractivity contribution in [2.75, 3.05) is 26.2 Å². The summed E-state index contributed by atoms with van der Waals surface area (Å²) in [6.45, 7) is 4.38. The fourth-order valence-electron chi connectivity index (χ4n) is 5.18. The van der Waals surface area contributed by atoms with E-state index in [1.54, 1.807) is 0 Å². The van der Waals surface area contributed by atoms with E-state index in [4.69, 9.17) is 9.84 Å². The van der Waals surface area contributed by atoms with E-state index in [-0.39, 0.29) is 0 Å². The minimum atomic E-state index is 0.340. The van der Waals surface area contributed by atoms with Crippen LogP contribution in [0.2, 0.25) is 0 Å². The summed E-state index contributed by atoms with van der Waals surface area (Å²) in [5.74, 6) is 0.862. The van der Waals surface area contributed by atoms with E-state index in [9.17, 15) is 0 Å². The summed E-state index contributed by atoms with van der Waals surface area (Å²) in [6, 6.07) is 36.4. The highest BCUT2D eigenvalue weighted by Crippen LogP contribution is 2.46. The lowest BCUT2D eigenvalue weighted by Gasteiger charge is -2.37. The van der Waals surface area contributed by atoms with Crippen molar-refractivity contribution in [1.29, 1.82) is 0 Å². The van der Waals surface area contributed by atoms with Crippen LogP contribution in [0.25, 0.3) is 11.1 Å². The highest BCUT2D eigenvalue weighted by Gasteiger charge is 2.33. The van der Waals surface area contributed by atoms with E-state index in [1.165, 1.54) is 22.3 Å². The van der Waals surface area contributed by atoms with Gasteiger partial charge in [0.05, 0.1) is 12.3 Å². The van der Waals surface area contributed by atoms with Gasteiger partial charge < -0.3 is 4.74 Å². The predicted molar refractivity (Wildman–Crippen MR) is 142 cm³/mol. The summed E-state index contributed by atoms with van der Waals surface area (Å²) in [7, 11) is 0. The third-order valence-electron chi connectivity index (χ3n) is 6.93. The van der Waals surface area contributed by atoms with Crippen molar-refractivity contribution in [3.05, 3.63) is 125 Å². The molecule has 4 nitrogen and oxygen atoms in total. The van der Waals surface area contributed by atoms with Gasteiger partial charge in [-0.1, -0.05) is 91.0 Å².